The molecular weight excluding hydrogens is 298 g/mol. The Labute approximate surface area is 144 Å². The van der Waals surface area contributed by atoms with Crippen molar-refractivity contribution in [1.82, 2.24) is 14.9 Å². The van der Waals surface area contributed by atoms with Crippen LogP contribution in [0.25, 0.3) is 0 Å². The molecule has 128 valence electrons. The third kappa shape index (κ3) is 4.25. The minimum absolute atomic E-state index is 0.143. The zero-order chi connectivity index (χ0) is 16.8. The van der Waals surface area contributed by atoms with Gasteiger partial charge < -0.3 is 9.88 Å². The van der Waals surface area contributed by atoms with Gasteiger partial charge in [0, 0.05) is 37.3 Å². The third-order valence-corrected chi connectivity index (χ3v) is 4.88. The highest BCUT2D eigenvalue weighted by Gasteiger charge is 2.23. The van der Waals surface area contributed by atoms with Crippen molar-refractivity contribution in [2.45, 2.75) is 57.9 Å². The van der Waals surface area contributed by atoms with Crippen molar-refractivity contribution in [2.75, 3.05) is 6.54 Å². The average Bonchev–Trinajstić information content (AvgIpc) is 2.88. The number of amides is 1. The molecule has 1 N–H and O–H groups in total. The van der Waals surface area contributed by atoms with Crippen LogP contribution in [0.15, 0.2) is 36.5 Å². The summed E-state index contributed by atoms with van der Waals surface area (Å²) in [6.07, 6.45) is 9.05. The van der Waals surface area contributed by atoms with E-state index in [1.165, 1.54) is 30.5 Å². The summed E-state index contributed by atoms with van der Waals surface area (Å²) >= 11 is 0. The quantitative estimate of drug-likeness (QED) is 0.806. The summed E-state index contributed by atoms with van der Waals surface area (Å²) in [6, 6.07) is 11.0. The number of nitrogens with zero attached hydrogens (tertiary/aromatic N) is 2. The Morgan fingerprint density at radius 2 is 2.04 bits per heavy atom. The first-order chi connectivity index (χ1) is 11.7. The fraction of sp³-hybridized carbons (Fsp3) is 0.500. The molecule has 0 saturated heterocycles. The molecule has 1 fully saturated rings. The molecule has 4 nitrogen and oxygen atoms in total. The topological polar surface area (TPSA) is 46.9 Å². The number of aryl methyl sites for hydroxylation is 2. The first kappa shape index (κ1) is 16.7. The maximum atomic E-state index is 12.0. The van der Waals surface area contributed by atoms with Crippen molar-refractivity contribution in [3.63, 3.8) is 0 Å². The Morgan fingerprint density at radius 3 is 2.75 bits per heavy atom. The summed E-state index contributed by atoms with van der Waals surface area (Å²) < 4.78 is 2.37. The summed E-state index contributed by atoms with van der Waals surface area (Å²) in [5.74, 6) is 1.26. The second-order valence-corrected chi connectivity index (χ2v) is 6.71. The van der Waals surface area contributed by atoms with Crippen LogP contribution in [-0.2, 0) is 17.6 Å². The van der Waals surface area contributed by atoms with E-state index in [-0.39, 0.29) is 5.91 Å². The molecule has 1 amide bonds. The van der Waals surface area contributed by atoms with Crippen molar-refractivity contribution in [3.8, 4) is 0 Å². The number of hydrogen-bond donors (Lipinski definition) is 1. The molecule has 0 bridgehead atoms. The molecule has 1 aromatic carbocycles. The van der Waals surface area contributed by atoms with Crippen molar-refractivity contribution < 1.29 is 4.79 Å². The molecule has 24 heavy (non-hydrogen) atoms. The molecule has 3 rings (SSSR count). The van der Waals surface area contributed by atoms with Gasteiger partial charge in [-0.05, 0) is 44.6 Å². The van der Waals surface area contributed by atoms with Crippen LogP contribution in [0.4, 0.5) is 0 Å². The second kappa shape index (κ2) is 8.13. The van der Waals surface area contributed by atoms with Crippen LogP contribution >= 0.6 is 0 Å². The number of carbonyl (C=O) groups is 1. The molecule has 0 unspecified atom stereocenters. The molecule has 0 aliphatic heterocycles. The van der Waals surface area contributed by atoms with Gasteiger partial charge in [-0.1, -0.05) is 30.3 Å². The molecule has 1 aliphatic carbocycles. The summed E-state index contributed by atoms with van der Waals surface area (Å²) in [6.45, 7) is 2.80. The molecule has 0 spiro atoms. The summed E-state index contributed by atoms with van der Waals surface area (Å²) in [5, 5.41) is 3.04. The van der Waals surface area contributed by atoms with Gasteiger partial charge in [0.05, 0.1) is 0 Å². The molecule has 1 aromatic heterocycles. The van der Waals surface area contributed by atoms with Crippen molar-refractivity contribution >= 4 is 5.91 Å². The second-order valence-electron chi connectivity index (χ2n) is 6.71. The van der Waals surface area contributed by atoms with Crippen LogP contribution in [0.3, 0.4) is 0 Å². The van der Waals surface area contributed by atoms with E-state index in [4.69, 9.17) is 0 Å². The molecule has 1 saturated carbocycles. The number of benzene rings is 1. The summed E-state index contributed by atoms with van der Waals surface area (Å²) in [5.41, 5.74) is 2.53. The molecule has 4 heteroatoms. The lowest BCUT2D eigenvalue weighted by molar-refractivity contribution is -0.121. The maximum Gasteiger partial charge on any atom is 0.220 e. The van der Waals surface area contributed by atoms with Gasteiger partial charge in [0.1, 0.15) is 5.82 Å². The SMILES string of the molecule is Cc1cnc(CCNC(=O)CCCc2ccccc2)n1C1CCC1. The first-order valence-electron chi connectivity index (χ1n) is 9.07. The highest BCUT2D eigenvalue weighted by Crippen LogP contribution is 2.33. The lowest BCUT2D eigenvalue weighted by Gasteiger charge is -2.29. The number of carbonyl (C=O) groups excluding carboxylic acids is 1. The number of imidazole rings is 1. The lowest BCUT2D eigenvalue weighted by Crippen LogP contribution is -2.27. The first-order valence-corrected chi connectivity index (χ1v) is 9.07. The highest BCUT2D eigenvalue weighted by molar-refractivity contribution is 5.75. The van der Waals surface area contributed by atoms with Gasteiger partial charge in [-0.3, -0.25) is 4.79 Å². The maximum absolute atomic E-state index is 12.0. The predicted octanol–water partition coefficient (Wildman–Crippen LogP) is 3.60. The number of aromatic nitrogens is 2. The van der Waals surface area contributed by atoms with E-state index in [1.54, 1.807) is 0 Å². The largest absolute Gasteiger partial charge is 0.356 e. The lowest BCUT2D eigenvalue weighted by atomic mass is 9.92. The van der Waals surface area contributed by atoms with Crippen LogP contribution in [0.2, 0.25) is 0 Å². The zero-order valence-electron chi connectivity index (χ0n) is 14.5. The fourth-order valence-corrected chi connectivity index (χ4v) is 3.32. The number of hydrogen-bond acceptors (Lipinski definition) is 2. The minimum atomic E-state index is 0.143. The van der Waals surface area contributed by atoms with Gasteiger partial charge in [-0.15, -0.1) is 0 Å². The smallest absolute Gasteiger partial charge is 0.220 e. The molecule has 1 aliphatic rings. The Balaban J connectivity index is 1.38. The Kier molecular flexibility index (Phi) is 5.68. The van der Waals surface area contributed by atoms with E-state index in [1.807, 2.05) is 24.4 Å². The Hall–Kier alpha value is -2.10. The average molecular weight is 325 g/mol. The van der Waals surface area contributed by atoms with E-state index >= 15 is 0 Å². The van der Waals surface area contributed by atoms with Gasteiger partial charge >= 0.3 is 0 Å². The fourth-order valence-electron chi connectivity index (χ4n) is 3.32. The monoisotopic (exact) mass is 325 g/mol. The van der Waals surface area contributed by atoms with E-state index in [9.17, 15) is 4.79 Å². The number of rotatable bonds is 8. The molecule has 1 heterocycles. The van der Waals surface area contributed by atoms with Crippen LogP contribution < -0.4 is 5.32 Å². The van der Waals surface area contributed by atoms with Crippen LogP contribution in [0, 0.1) is 6.92 Å². The standard InChI is InChI=1S/C20H27N3O/c1-16-15-22-19(23(16)18-10-6-11-18)13-14-21-20(24)12-5-9-17-7-3-2-4-8-17/h2-4,7-8,15,18H,5-6,9-14H2,1H3,(H,21,24). The number of nitrogens with one attached hydrogen (secondary N) is 1. The Bertz CT molecular complexity index is 659. The van der Waals surface area contributed by atoms with Gasteiger partial charge in [0.25, 0.3) is 0 Å². The van der Waals surface area contributed by atoms with Crippen molar-refractivity contribution in [3.05, 3.63) is 53.6 Å². The van der Waals surface area contributed by atoms with Crippen molar-refractivity contribution in [1.29, 1.82) is 0 Å². The van der Waals surface area contributed by atoms with E-state index in [2.05, 4.69) is 33.9 Å². The molecule has 0 atom stereocenters. The van der Waals surface area contributed by atoms with Crippen LogP contribution in [-0.4, -0.2) is 22.0 Å². The van der Waals surface area contributed by atoms with E-state index in [0.29, 0.717) is 19.0 Å². The van der Waals surface area contributed by atoms with E-state index < -0.39 is 0 Å². The third-order valence-electron chi connectivity index (χ3n) is 4.88. The zero-order valence-corrected chi connectivity index (χ0v) is 14.5. The highest BCUT2D eigenvalue weighted by atomic mass is 16.1. The summed E-state index contributed by atoms with van der Waals surface area (Å²) in [7, 11) is 0. The van der Waals surface area contributed by atoms with Crippen LogP contribution in [0.1, 0.15) is 55.2 Å². The molecular formula is C20H27N3O. The normalized spacial score (nSPS) is 14.4. The van der Waals surface area contributed by atoms with Gasteiger partial charge in [0.2, 0.25) is 5.91 Å². The van der Waals surface area contributed by atoms with Gasteiger partial charge in [0.15, 0.2) is 0 Å². The van der Waals surface area contributed by atoms with Gasteiger partial charge in [-0.2, -0.15) is 0 Å². The Morgan fingerprint density at radius 1 is 1.25 bits per heavy atom. The molecule has 2 aromatic rings. The molecule has 0 radical (unpaired) electrons. The minimum Gasteiger partial charge on any atom is -0.356 e. The predicted molar refractivity (Wildman–Crippen MR) is 95.9 cm³/mol. The van der Waals surface area contributed by atoms with Crippen LogP contribution in [0.5, 0.6) is 0 Å². The van der Waals surface area contributed by atoms with E-state index in [0.717, 1.165) is 25.1 Å². The van der Waals surface area contributed by atoms with Gasteiger partial charge in [-0.25, -0.2) is 4.98 Å². The summed E-state index contributed by atoms with van der Waals surface area (Å²) in [4.78, 5) is 16.5. The van der Waals surface area contributed by atoms with Crippen molar-refractivity contribution in [2.24, 2.45) is 0 Å².